The minimum Gasteiger partial charge on any atom is -0.462 e. The molecule has 50 heavy (non-hydrogen) atoms. The second-order valence-corrected chi connectivity index (χ2v) is 16.8. The minimum atomic E-state index is -0.654. The summed E-state index contributed by atoms with van der Waals surface area (Å²) in [6.45, 7) is 23.8. The van der Waals surface area contributed by atoms with E-state index in [0.717, 1.165) is 43.5 Å². The van der Waals surface area contributed by atoms with Gasteiger partial charge in [0.1, 0.15) is 11.1 Å². The molecule has 2 unspecified atom stereocenters. The summed E-state index contributed by atoms with van der Waals surface area (Å²) >= 11 is 0. The Morgan fingerprint density at radius 1 is 0.600 bits per heavy atom. The average molecular weight is 699 g/mol. The molecular formula is C40H62N2O8. The fourth-order valence-corrected chi connectivity index (χ4v) is 8.30. The van der Waals surface area contributed by atoms with Crippen LogP contribution in [-0.2, 0) is 38.1 Å². The second-order valence-electron chi connectivity index (χ2n) is 16.8. The molecule has 1 fully saturated rings. The smallest absolute Gasteiger partial charge is 0.345 e. The zero-order valence-corrected chi connectivity index (χ0v) is 32.5. The van der Waals surface area contributed by atoms with Crippen LogP contribution in [0.25, 0.3) is 0 Å². The molecule has 0 aromatic rings. The number of ether oxygens (including phenoxy) is 4. The lowest BCUT2D eigenvalue weighted by Gasteiger charge is -2.48. The van der Waals surface area contributed by atoms with Gasteiger partial charge in [0.2, 0.25) is 0 Å². The third-order valence-corrected chi connectivity index (χ3v) is 9.51. The highest BCUT2D eigenvalue weighted by Crippen LogP contribution is 2.48. The van der Waals surface area contributed by atoms with Crippen LogP contribution in [0.4, 0.5) is 0 Å². The van der Waals surface area contributed by atoms with Crippen molar-refractivity contribution in [2.75, 3.05) is 33.0 Å². The molecule has 0 heterocycles. The van der Waals surface area contributed by atoms with Crippen LogP contribution in [0.5, 0.6) is 0 Å². The highest BCUT2D eigenvalue weighted by atomic mass is 16.6. The quantitative estimate of drug-likeness (QED) is 0.0682. The summed E-state index contributed by atoms with van der Waals surface area (Å²) in [5.74, 6) is -2.61. The zero-order chi connectivity index (χ0) is 37.5. The summed E-state index contributed by atoms with van der Waals surface area (Å²) in [5, 5.41) is 7.57. The van der Waals surface area contributed by atoms with E-state index in [2.05, 4.69) is 59.1 Å². The molecule has 1 saturated carbocycles. The number of rotatable bonds is 13. The van der Waals surface area contributed by atoms with Crippen LogP contribution in [0.15, 0.2) is 45.8 Å². The van der Waals surface area contributed by atoms with Gasteiger partial charge < -0.3 is 29.6 Å². The topological polar surface area (TPSA) is 129 Å². The Labute approximate surface area is 299 Å². The molecule has 2 N–H and O–H groups in total. The lowest BCUT2D eigenvalue weighted by atomic mass is 9.62. The van der Waals surface area contributed by atoms with Crippen molar-refractivity contribution in [3.05, 3.63) is 45.8 Å². The Hall–Kier alpha value is -3.56. The molecule has 0 aliphatic heterocycles. The maximum atomic E-state index is 13.0. The minimum absolute atomic E-state index is 0.0232. The molecule has 3 rings (SSSR count). The van der Waals surface area contributed by atoms with Crippen LogP contribution in [0.3, 0.4) is 0 Å². The third-order valence-electron chi connectivity index (χ3n) is 9.51. The predicted molar refractivity (Wildman–Crippen MR) is 193 cm³/mol. The summed E-state index contributed by atoms with van der Waals surface area (Å²) in [4.78, 5) is 51.8. The lowest BCUT2D eigenvalue weighted by Crippen LogP contribution is -2.48. The van der Waals surface area contributed by atoms with Crippen LogP contribution in [0.2, 0.25) is 0 Å². The Morgan fingerprint density at radius 2 is 1.00 bits per heavy atom. The molecule has 280 valence electrons. The maximum absolute atomic E-state index is 13.0. The molecule has 3 aliphatic rings. The monoisotopic (exact) mass is 698 g/mol. The maximum Gasteiger partial charge on any atom is 0.345 e. The first kappa shape index (κ1) is 40.9. The molecule has 0 aromatic carbocycles. The van der Waals surface area contributed by atoms with Crippen LogP contribution in [0, 0.1) is 21.7 Å². The molecular weight excluding hydrogens is 636 g/mol. The van der Waals surface area contributed by atoms with Crippen molar-refractivity contribution < 1.29 is 38.1 Å². The van der Waals surface area contributed by atoms with E-state index in [-0.39, 0.29) is 65.3 Å². The molecule has 2 atom stereocenters. The Kier molecular flexibility index (Phi) is 13.6. The molecule has 10 nitrogen and oxygen atoms in total. The summed E-state index contributed by atoms with van der Waals surface area (Å²) < 4.78 is 21.1. The lowest BCUT2D eigenvalue weighted by molar-refractivity contribution is -0.148. The number of allylic oxidation sites excluding steroid dienone is 6. The summed E-state index contributed by atoms with van der Waals surface area (Å²) in [6.07, 6.45) is 9.43. The van der Waals surface area contributed by atoms with E-state index in [1.54, 1.807) is 27.7 Å². The average Bonchev–Trinajstić information content (AvgIpc) is 2.94. The van der Waals surface area contributed by atoms with E-state index in [0.29, 0.717) is 30.5 Å². The highest BCUT2D eigenvalue weighted by molar-refractivity contribution is 6.15. The summed E-state index contributed by atoms with van der Waals surface area (Å²) in [5.41, 5.74) is 2.78. The van der Waals surface area contributed by atoms with E-state index in [4.69, 9.17) is 18.9 Å². The number of esters is 4. The van der Waals surface area contributed by atoms with E-state index in [9.17, 15) is 19.2 Å². The van der Waals surface area contributed by atoms with Crippen molar-refractivity contribution in [3.8, 4) is 0 Å². The van der Waals surface area contributed by atoms with Crippen molar-refractivity contribution in [2.24, 2.45) is 21.7 Å². The van der Waals surface area contributed by atoms with Gasteiger partial charge in [0.25, 0.3) is 0 Å². The SMILES string of the molecule is CCOC(=O)C(C(=O)OCC)=C1C=C(NCC2(C)CC(NC3=CC(=C(C(=O)OCC)C(=O)OCC)CC(C)(C)C3)CC(C)(C)C2)CC(C)(C)C1. The highest BCUT2D eigenvalue weighted by Gasteiger charge is 2.43. The predicted octanol–water partition coefficient (Wildman–Crippen LogP) is 7.00. The van der Waals surface area contributed by atoms with Crippen molar-refractivity contribution in [1.82, 2.24) is 10.6 Å². The molecule has 3 aliphatic carbocycles. The first-order valence-corrected chi connectivity index (χ1v) is 18.3. The van der Waals surface area contributed by atoms with Crippen molar-refractivity contribution in [1.29, 1.82) is 0 Å². The van der Waals surface area contributed by atoms with Gasteiger partial charge >= 0.3 is 23.9 Å². The zero-order valence-electron chi connectivity index (χ0n) is 32.5. The standard InChI is InChI=1S/C40H62N2O8/c1-12-47-33(43)31(34(44)48-13-2)26-16-28(20-37(5,6)18-26)41-25-40(11)23-30(22-39(9,10)24-40)42-29-17-27(19-38(7,8)21-29)32(35(45)49-14-3)36(46)50-15-4/h16-17,30,41-42H,12-15,18-25H2,1-11H3. The van der Waals surface area contributed by atoms with Gasteiger partial charge in [-0.2, -0.15) is 0 Å². The van der Waals surface area contributed by atoms with Gasteiger partial charge in [-0.25, -0.2) is 19.2 Å². The number of hydrogen-bond donors (Lipinski definition) is 2. The molecule has 0 amide bonds. The van der Waals surface area contributed by atoms with Gasteiger partial charge in [-0.05, 0) is 118 Å². The number of nitrogens with one attached hydrogen (secondary N) is 2. The van der Waals surface area contributed by atoms with Gasteiger partial charge in [-0.3, -0.25) is 0 Å². The van der Waals surface area contributed by atoms with Crippen molar-refractivity contribution >= 4 is 23.9 Å². The van der Waals surface area contributed by atoms with Crippen LogP contribution in [0.1, 0.15) is 121 Å². The first-order valence-electron chi connectivity index (χ1n) is 18.3. The normalized spacial score (nSPS) is 23.8. The van der Waals surface area contributed by atoms with E-state index in [1.165, 1.54) is 0 Å². The van der Waals surface area contributed by atoms with Crippen LogP contribution >= 0.6 is 0 Å². The number of hydrogen-bond acceptors (Lipinski definition) is 10. The molecule has 0 aromatic heterocycles. The van der Waals surface area contributed by atoms with Crippen LogP contribution < -0.4 is 10.6 Å². The summed E-state index contributed by atoms with van der Waals surface area (Å²) in [6, 6.07) is 0.159. The Bertz CT molecular complexity index is 1390. The van der Waals surface area contributed by atoms with Crippen molar-refractivity contribution in [2.45, 2.75) is 127 Å². The molecule has 10 heteroatoms. The summed E-state index contributed by atoms with van der Waals surface area (Å²) in [7, 11) is 0. The largest absolute Gasteiger partial charge is 0.462 e. The third kappa shape index (κ3) is 11.2. The molecule has 0 bridgehead atoms. The fraction of sp³-hybridized carbons (Fsp3) is 0.700. The van der Waals surface area contributed by atoms with Gasteiger partial charge in [-0.15, -0.1) is 0 Å². The number of carbonyl (C=O) groups excluding carboxylic acids is 4. The Balaban J connectivity index is 1.91. The second kappa shape index (κ2) is 16.6. The first-order chi connectivity index (χ1) is 23.3. The van der Waals surface area contributed by atoms with Crippen molar-refractivity contribution in [3.63, 3.8) is 0 Å². The van der Waals surface area contributed by atoms with E-state index in [1.807, 2.05) is 12.2 Å². The van der Waals surface area contributed by atoms with Gasteiger partial charge in [0, 0.05) is 24.0 Å². The van der Waals surface area contributed by atoms with E-state index >= 15 is 0 Å². The van der Waals surface area contributed by atoms with Gasteiger partial charge in [-0.1, -0.05) is 48.5 Å². The van der Waals surface area contributed by atoms with Crippen LogP contribution in [-0.4, -0.2) is 62.9 Å². The molecule has 0 spiro atoms. The fourth-order valence-electron chi connectivity index (χ4n) is 8.30. The molecule has 0 saturated heterocycles. The Morgan fingerprint density at radius 3 is 1.42 bits per heavy atom. The van der Waals surface area contributed by atoms with E-state index < -0.39 is 23.9 Å². The molecule has 0 radical (unpaired) electrons. The van der Waals surface area contributed by atoms with Gasteiger partial charge in [0.15, 0.2) is 0 Å². The van der Waals surface area contributed by atoms with Gasteiger partial charge in [0.05, 0.1) is 26.4 Å². The number of carbonyl (C=O) groups is 4.